The molecular formula is C25H29ClFN7O. The number of piperazine rings is 1. The van der Waals surface area contributed by atoms with E-state index in [4.69, 9.17) is 0 Å². The van der Waals surface area contributed by atoms with E-state index in [0.717, 1.165) is 18.9 Å². The first-order valence-corrected chi connectivity index (χ1v) is 11.2. The molecule has 4 heterocycles. The molecule has 5 rings (SSSR count). The fourth-order valence-corrected chi connectivity index (χ4v) is 4.97. The summed E-state index contributed by atoms with van der Waals surface area (Å²) < 4.78 is 16.1. The van der Waals surface area contributed by atoms with E-state index < -0.39 is 5.82 Å². The quantitative estimate of drug-likeness (QED) is 0.435. The number of hydrogen-bond acceptors (Lipinski definition) is 7. The zero-order valence-electron chi connectivity index (χ0n) is 20.4. The second kappa shape index (κ2) is 8.73. The molecule has 35 heavy (non-hydrogen) atoms. The first-order valence-electron chi connectivity index (χ1n) is 11.2. The van der Waals surface area contributed by atoms with Gasteiger partial charge < -0.3 is 15.3 Å². The lowest BCUT2D eigenvalue weighted by Gasteiger charge is -2.48. The van der Waals surface area contributed by atoms with Gasteiger partial charge in [-0.2, -0.15) is 5.10 Å². The Kier molecular flexibility index (Phi) is 6.19. The van der Waals surface area contributed by atoms with E-state index in [9.17, 15) is 9.50 Å². The van der Waals surface area contributed by atoms with Crippen LogP contribution in [-0.4, -0.2) is 54.2 Å². The van der Waals surface area contributed by atoms with Crippen LogP contribution in [0.4, 0.5) is 10.2 Å². The van der Waals surface area contributed by atoms with E-state index in [-0.39, 0.29) is 29.2 Å². The Morgan fingerprint density at radius 1 is 1.00 bits per heavy atom. The molecule has 0 radical (unpaired) electrons. The number of benzene rings is 1. The minimum absolute atomic E-state index is 0. The number of nitrogens with zero attached hydrogens (tertiary/aromatic N) is 6. The summed E-state index contributed by atoms with van der Waals surface area (Å²) in [6.07, 6.45) is 3.35. The van der Waals surface area contributed by atoms with Crippen molar-refractivity contribution in [2.24, 2.45) is 7.05 Å². The van der Waals surface area contributed by atoms with Gasteiger partial charge in [0.25, 0.3) is 0 Å². The number of nitrogens with one attached hydrogen (secondary N) is 1. The predicted octanol–water partition coefficient (Wildman–Crippen LogP) is 4.33. The smallest absolute Gasteiger partial charge is 0.151 e. The number of halogens is 2. The summed E-state index contributed by atoms with van der Waals surface area (Å²) in [7, 11) is 1.75. The van der Waals surface area contributed by atoms with E-state index in [1.54, 1.807) is 30.2 Å². The number of fused-ring (bicyclic) bond motifs is 1. The highest BCUT2D eigenvalue weighted by Crippen LogP contribution is 2.33. The summed E-state index contributed by atoms with van der Waals surface area (Å²) in [6, 6.07) is 8.51. The van der Waals surface area contributed by atoms with Gasteiger partial charge in [0.05, 0.1) is 0 Å². The van der Waals surface area contributed by atoms with Crippen molar-refractivity contribution in [1.82, 2.24) is 30.3 Å². The largest absolute Gasteiger partial charge is 0.506 e. The molecule has 0 saturated carbocycles. The third-order valence-corrected chi connectivity index (χ3v) is 5.94. The van der Waals surface area contributed by atoms with Gasteiger partial charge in [-0.25, -0.2) is 9.37 Å². The van der Waals surface area contributed by atoms with Gasteiger partial charge in [-0.05, 0) is 63.6 Å². The molecule has 2 N–H and O–H groups in total. The topological polar surface area (TPSA) is 92.0 Å². The Bertz CT molecular complexity index is 1370. The third kappa shape index (κ3) is 4.92. The maximum Gasteiger partial charge on any atom is 0.151 e. The molecule has 3 aromatic heterocycles. The zero-order valence-corrected chi connectivity index (χ0v) is 21.2. The summed E-state index contributed by atoms with van der Waals surface area (Å²) in [4.78, 5) is 6.62. The van der Waals surface area contributed by atoms with E-state index in [1.807, 2.05) is 18.2 Å². The number of aromatic hydroxyl groups is 1. The fourth-order valence-electron chi connectivity index (χ4n) is 4.97. The molecule has 4 aromatic rings. The van der Waals surface area contributed by atoms with Gasteiger partial charge in [-0.1, -0.05) is 0 Å². The molecule has 1 fully saturated rings. The molecule has 0 amide bonds. The van der Waals surface area contributed by atoms with Crippen LogP contribution in [0.25, 0.3) is 33.4 Å². The summed E-state index contributed by atoms with van der Waals surface area (Å²) in [5, 5.41) is 27.9. The molecule has 10 heteroatoms. The van der Waals surface area contributed by atoms with Crippen molar-refractivity contribution in [3.05, 3.63) is 48.5 Å². The third-order valence-electron chi connectivity index (χ3n) is 5.94. The van der Waals surface area contributed by atoms with Gasteiger partial charge in [-0.3, -0.25) is 4.68 Å². The lowest BCUT2D eigenvalue weighted by molar-refractivity contribution is 0.225. The number of hydrogen-bond donors (Lipinski definition) is 2. The molecule has 0 aliphatic carbocycles. The van der Waals surface area contributed by atoms with E-state index in [2.05, 4.69) is 58.2 Å². The predicted molar refractivity (Wildman–Crippen MR) is 137 cm³/mol. The second-order valence-corrected chi connectivity index (χ2v) is 10.3. The molecule has 184 valence electrons. The summed E-state index contributed by atoms with van der Waals surface area (Å²) in [5.74, 6) is 0.316. The fraction of sp³-hybridized carbons (Fsp3) is 0.360. The van der Waals surface area contributed by atoms with Gasteiger partial charge in [0.1, 0.15) is 22.7 Å². The van der Waals surface area contributed by atoms with E-state index in [1.165, 1.54) is 6.07 Å². The second-order valence-electron chi connectivity index (χ2n) is 10.3. The Labute approximate surface area is 209 Å². The molecule has 0 atom stereocenters. The van der Waals surface area contributed by atoms with E-state index >= 15 is 0 Å². The number of anilines is 1. The average Bonchev–Trinajstić information content (AvgIpc) is 3.12. The van der Waals surface area contributed by atoms with Gasteiger partial charge >= 0.3 is 0 Å². The Balaban J connectivity index is 0.00000289. The Hall–Kier alpha value is -3.30. The molecule has 1 aliphatic rings. The van der Waals surface area contributed by atoms with Crippen LogP contribution in [0.15, 0.2) is 42.7 Å². The number of aryl methyl sites for hydroxylation is 1. The van der Waals surface area contributed by atoms with Crippen LogP contribution in [0, 0.1) is 5.82 Å². The normalized spacial score (nSPS) is 16.8. The SMILES string of the molecule is Cl.Cn1cc2cc(-c3cnc(-c4ccc(N5CC(C)(C)NC(C)(C)C5)nn4)c(O)c3)cc(F)c2n1. The average molecular weight is 498 g/mol. The van der Waals surface area contributed by atoms with E-state index in [0.29, 0.717) is 33.4 Å². The molecular weight excluding hydrogens is 469 g/mol. The van der Waals surface area contributed by atoms with Crippen molar-refractivity contribution in [1.29, 1.82) is 0 Å². The van der Waals surface area contributed by atoms with Gasteiger partial charge in [-0.15, -0.1) is 22.6 Å². The standard InChI is InChI=1S/C25H28FN7O.ClH/c1-24(2)13-33(14-25(3,4)31-24)21-7-6-19(28-29-21)23-20(34)10-16(11-27-23)15-8-17-12-32(5)30-22(17)18(26)9-15;/h6-12,31,34H,13-14H2,1-5H3;1H. The number of rotatable bonds is 3. The molecule has 1 aliphatic heterocycles. The molecule has 0 bridgehead atoms. The summed E-state index contributed by atoms with van der Waals surface area (Å²) >= 11 is 0. The highest BCUT2D eigenvalue weighted by atomic mass is 35.5. The van der Waals surface area contributed by atoms with Crippen LogP contribution in [0.5, 0.6) is 5.75 Å². The summed E-state index contributed by atoms with van der Waals surface area (Å²) in [6.45, 7) is 10.3. The van der Waals surface area contributed by atoms with Crippen LogP contribution in [-0.2, 0) is 7.05 Å². The lowest BCUT2D eigenvalue weighted by atomic mass is 9.91. The van der Waals surface area contributed by atoms with Gasteiger partial charge in [0, 0.05) is 54.6 Å². The van der Waals surface area contributed by atoms with Crippen molar-refractivity contribution in [3.63, 3.8) is 0 Å². The molecule has 1 saturated heterocycles. The van der Waals surface area contributed by atoms with Crippen LogP contribution in [0.3, 0.4) is 0 Å². The van der Waals surface area contributed by atoms with Crippen LogP contribution in [0.1, 0.15) is 27.7 Å². The highest BCUT2D eigenvalue weighted by molar-refractivity contribution is 5.86. The Morgan fingerprint density at radius 3 is 2.34 bits per heavy atom. The van der Waals surface area contributed by atoms with Gasteiger partial charge in [0.2, 0.25) is 0 Å². The van der Waals surface area contributed by atoms with Gasteiger partial charge in [0.15, 0.2) is 11.6 Å². The summed E-state index contributed by atoms with van der Waals surface area (Å²) in [5.41, 5.74) is 2.19. The van der Waals surface area contributed by atoms with Crippen molar-refractivity contribution < 1.29 is 9.50 Å². The van der Waals surface area contributed by atoms with Crippen LogP contribution in [0.2, 0.25) is 0 Å². The van der Waals surface area contributed by atoms with Crippen molar-refractivity contribution in [2.45, 2.75) is 38.8 Å². The molecule has 1 aromatic carbocycles. The van der Waals surface area contributed by atoms with Crippen molar-refractivity contribution in [2.75, 3.05) is 18.0 Å². The monoisotopic (exact) mass is 497 g/mol. The Morgan fingerprint density at radius 2 is 1.71 bits per heavy atom. The first-order chi connectivity index (χ1) is 16.0. The minimum atomic E-state index is -0.419. The highest BCUT2D eigenvalue weighted by Gasteiger charge is 2.37. The zero-order chi connectivity index (χ0) is 24.3. The number of aromatic nitrogens is 5. The maximum atomic E-state index is 14.5. The molecule has 0 unspecified atom stereocenters. The minimum Gasteiger partial charge on any atom is -0.506 e. The van der Waals surface area contributed by atoms with Crippen molar-refractivity contribution >= 4 is 29.1 Å². The molecule has 0 spiro atoms. The lowest BCUT2D eigenvalue weighted by Crippen LogP contribution is -2.67. The number of pyridine rings is 1. The first kappa shape index (κ1) is 24.8. The van der Waals surface area contributed by atoms with Crippen LogP contribution >= 0.6 is 12.4 Å². The maximum absolute atomic E-state index is 14.5. The van der Waals surface area contributed by atoms with Crippen LogP contribution < -0.4 is 10.2 Å². The van der Waals surface area contributed by atoms with Crippen molar-refractivity contribution in [3.8, 4) is 28.3 Å². The molecule has 8 nitrogen and oxygen atoms in total.